The number of pyridine rings is 1. The van der Waals surface area contributed by atoms with Crippen LogP contribution in [0.15, 0.2) is 23.4 Å². The zero-order valence-corrected chi connectivity index (χ0v) is 10.4. The second kappa shape index (κ2) is 6.37. The highest BCUT2D eigenvalue weighted by molar-refractivity contribution is 6.66. The standard InChI is InChI=1S/C10H9ClF3N3O2/c1-2-19-8(18)6-4-3-5-15-7(6)16-17-9(11)10(12,13)14/h3-5H,2H2,1H3,(H,15,16)/b17-9+. The minimum Gasteiger partial charge on any atom is -0.462 e. The number of alkyl halides is 3. The number of aromatic nitrogens is 1. The van der Waals surface area contributed by atoms with Gasteiger partial charge in [0.15, 0.2) is 5.82 Å². The van der Waals surface area contributed by atoms with Crippen LogP contribution < -0.4 is 5.43 Å². The lowest BCUT2D eigenvalue weighted by Crippen LogP contribution is -2.19. The number of carbonyl (C=O) groups is 1. The van der Waals surface area contributed by atoms with Gasteiger partial charge in [-0.05, 0) is 19.1 Å². The van der Waals surface area contributed by atoms with E-state index in [1.54, 1.807) is 6.92 Å². The molecule has 19 heavy (non-hydrogen) atoms. The van der Waals surface area contributed by atoms with Crippen LogP contribution in [0.4, 0.5) is 19.0 Å². The number of halogens is 4. The summed E-state index contributed by atoms with van der Waals surface area (Å²) < 4.78 is 41.1. The molecule has 0 aliphatic rings. The van der Waals surface area contributed by atoms with Gasteiger partial charge < -0.3 is 4.74 Å². The molecule has 0 saturated heterocycles. The molecule has 0 saturated carbocycles. The zero-order chi connectivity index (χ0) is 14.5. The van der Waals surface area contributed by atoms with Crippen molar-refractivity contribution in [3.8, 4) is 0 Å². The molecule has 9 heteroatoms. The van der Waals surface area contributed by atoms with Gasteiger partial charge in [-0.1, -0.05) is 11.6 Å². The molecule has 0 amide bonds. The lowest BCUT2D eigenvalue weighted by Gasteiger charge is -2.08. The minimum absolute atomic E-state index is 0.0419. The number of nitrogens with one attached hydrogen (secondary N) is 1. The number of anilines is 1. The molecule has 0 aliphatic heterocycles. The SMILES string of the molecule is CCOC(=O)c1cccnc1N/N=C(/Cl)C(F)(F)F. The Balaban J connectivity index is 2.93. The zero-order valence-electron chi connectivity index (χ0n) is 9.66. The van der Waals surface area contributed by atoms with Gasteiger partial charge in [0.2, 0.25) is 5.17 Å². The van der Waals surface area contributed by atoms with Crippen molar-refractivity contribution >= 4 is 28.6 Å². The molecule has 0 unspecified atom stereocenters. The largest absolute Gasteiger partial charge is 0.462 e. The molecule has 1 rings (SSSR count). The maximum Gasteiger partial charge on any atom is 0.446 e. The summed E-state index contributed by atoms with van der Waals surface area (Å²) in [6, 6.07) is 2.77. The number of rotatable bonds is 4. The predicted octanol–water partition coefficient (Wildman–Crippen LogP) is 2.78. The van der Waals surface area contributed by atoms with Gasteiger partial charge in [0, 0.05) is 6.20 Å². The van der Waals surface area contributed by atoms with Crippen LogP contribution in [0.3, 0.4) is 0 Å². The number of ether oxygens (including phenoxy) is 1. The van der Waals surface area contributed by atoms with Crippen molar-refractivity contribution in [3.63, 3.8) is 0 Å². The van der Waals surface area contributed by atoms with E-state index >= 15 is 0 Å². The van der Waals surface area contributed by atoms with E-state index in [1.165, 1.54) is 18.3 Å². The van der Waals surface area contributed by atoms with Crippen LogP contribution in [-0.2, 0) is 4.74 Å². The Morgan fingerprint density at radius 1 is 1.58 bits per heavy atom. The molecular weight excluding hydrogens is 287 g/mol. The highest BCUT2D eigenvalue weighted by Gasteiger charge is 2.34. The third-order valence-electron chi connectivity index (χ3n) is 1.80. The number of hydrogen-bond donors (Lipinski definition) is 1. The van der Waals surface area contributed by atoms with Crippen molar-refractivity contribution in [2.24, 2.45) is 5.10 Å². The van der Waals surface area contributed by atoms with Gasteiger partial charge in [-0.3, -0.25) is 5.43 Å². The molecule has 0 fully saturated rings. The molecule has 0 radical (unpaired) electrons. The molecule has 104 valence electrons. The Labute approximate surface area is 111 Å². The van der Waals surface area contributed by atoms with Crippen LogP contribution in [-0.4, -0.2) is 28.9 Å². The molecule has 1 heterocycles. The van der Waals surface area contributed by atoms with E-state index in [0.29, 0.717) is 0 Å². The summed E-state index contributed by atoms with van der Waals surface area (Å²) >= 11 is 4.92. The average molecular weight is 296 g/mol. The van der Waals surface area contributed by atoms with Crippen molar-refractivity contribution < 1.29 is 22.7 Å². The first-order chi connectivity index (χ1) is 8.86. The van der Waals surface area contributed by atoms with Crippen LogP contribution in [0.1, 0.15) is 17.3 Å². The lowest BCUT2D eigenvalue weighted by atomic mass is 10.2. The van der Waals surface area contributed by atoms with E-state index in [2.05, 4.69) is 10.1 Å². The summed E-state index contributed by atoms with van der Waals surface area (Å²) in [6.07, 6.45) is -3.49. The summed E-state index contributed by atoms with van der Waals surface area (Å²) in [4.78, 5) is 15.2. The van der Waals surface area contributed by atoms with Crippen molar-refractivity contribution in [2.75, 3.05) is 12.0 Å². The van der Waals surface area contributed by atoms with E-state index in [9.17, 15) is 18.0 Å². The minimum atomic E-state index is -4.77. The Kier molecular flexibility index (Phi) is 5.11. The third kappa shape index (κ3) is 4.40. The second-order valence-corrected chi connectivity index (χ2v) is 3.49. The summed E-state index contributed by atoms with van der Waals surface area (Å²) in [6.45, 7) is 1.72. The monoisotopic (exact) mass is 295 g/mol. The van der Waals surface area contributed by atoms with Gasteiger partial charge in [-0.2, -0.15) is 18.3 Å². The predicted molar refractivity (Wildman–Crippen MR) is 63.2 cm³/mol. The number of nitrogens with zero attached hydrogens (tertiary/aromatic N) is 2. The fourth-order valence-electron chi connectivity index (χ4n) is 1.03. The molecule has 5 nitrogen and oxygen atoms in total. The van der Waals surface area contributed by atoms with Crippen LogP contribution >= 0.6 is 11.6 Å². The number of esters is 1. The van der Waals surface area contributed by atoms with Crippen molar-refractivity contribution in [1.29, 1.82) is 0 Å². The van der Waals surface area contributed by atoms with Crippen molar-refractivity contribution in [2.45, 2.75) is 13.1 Å². The van der Waals surface area contributed by atoms with Gasteiger partial charge in [-0.15, -0.1) is 0 Å². The topological polar surface area (TPSA) is 63.6 Å². The fourth-order valence-corrected chi connectivity index (χ4v) is 1.08. The third-order valence-corrected chi connectivity index (χ3v) is 2.10. The normalized spacial score (nSPS) is 12.2. The fraction of sp³-hybridized carbons (Fsp3) is 0.300. The summed E-state index contributed by atoms with van der Waals surface area (Å²) in [5.41, 5.74) is 1.94. The number of hydrogen-bond acceptors (Lipinski definition) is 5. The summed E-state index contributed by atoms with van der Waals surface area (Å²) in [5, 5.41) is 1.30. The van der Waals surface area contributed by atoms with Crippen LogP contribution in [0.25, 0.3) is 0 Å². The average Bonchev–Trinajstić information content (AvgIpc) is 2.35. The Morgan fingerprint density at radius 2 is 2.26 bits per heavy atom. The molecule has 0 aliphatic carbocycles. The Bertz CT molecular complexity index is 491. The highest BCUT2D eigenvalue weighted by Crippen LogP contribution is 2.20. The summed E-state index contributed by atoms with van der Waals surface area (Å²) in [7, 11) is 0. The molecule has 0 aromatic carbocycles. The Morgan fingerprint density at radius 3 is 2.84 bits per heavy atom. The molecular formula is C10H9ClF3N3O2. The Hall–Kier alpha value is -1.83. The maximum atomic E-state index is 12.1. The van der Waals surface area contributed by atoms with Gasteiger partial charge in [0.25, 0.3) is 0 Å². The smallest absolute Gasteiger partial charge is 0.446 e. The van der Waals surface area contributed by atoms with Crippen LogP contribution in [0, 0.1) is 0 Å². The highest BCUT2D eigenvalue weighted by atomic mass is 35.5. The number of carbonyl (C=O) groups excluding carboxylic acids is 1. The van der Waals surface area contributed by atoms with E-state index in [4.69, 9.17) is 16.3 Å². The number of hydrazone groups is 1. The van der Waals surface area contributed by atoms with Gasteiger partial charge in [0.1, 0.15) is 5.56 Å². The van der Waals surface area contributed by atoms with Gasteiger partial charge >= 0.3 is 12.1 Å². The molecule has 1 aromatic heterocycles. The van der Waals surface area contributed by atoms with E-state index in [0.717, 1.165) is 0 Å². The molecule has 0 atom stereocenters. The van der Waals surface area contributed by atoms with E-state index < -0.39 is 17.3 Å². The first-order valence-electron chi connectivity index (χ1n) is 5.04. The molecule has 0 spiro atoms. The quantitative estimate of drug-likeness (QED) is 0.527. The van der Waals surface area contributed by atoms with Gasteiger partial charge in [0.05, 0.1) is 6.61 Å². The van der Waals surface area contributed by atoms with Gasteiger partial charge in [-0.25, -0.2) is 9.78 Å². The van der Waals surface area contributed by atoms with Crippen LogP contribution in [0.5, 0.6) is 0 Å². The lowest BCUT2D eigenvalue weighted by molar-refractivity contribution is -0.0559. The van der Waals surface area contributed by atoms with Crippen molar-refractivity contribution in [1.82, 2.24) is 4.98 Å². The van der Waals surface area contributed by atoms with E-state index in [1.807, 2.05) is 5.43 Å². The van der Waals surface area contributed by atoms with Crippen LogP contribution in [0.2, 0.25) is 0 Å². The first kappa shape index (κ1) is 15.2. The maximum absolute atomic E-state index is 12.1. The summed E-state index contributed by atoms with van der Waals surface area (Å²) in [5.74, 6) is -0.903. The first-order valence-corrected chi connectivity index (χ1v) is 5.42. The molecule has 1 N–H and O–H groups in total. The molecule has 1 aromatic rings. The second-order valence-electron chi connectivity index (χ2n) is 3.13. The van der Waals surface area contributed by atoms with Crippen molar-refractivity contribution in [3.05, 3.63) is 23.9 Å². The molecule has 0 bridgehead atoms. The van der Waals surface area contributed by atoms with E-state index in [-0.39, 0.29) is 18.0 Å².